The van der Waals surface area contributed by atoms with Crippen molar-refractivity contribution in [3.05, 3.63) is 59.4 Å². The first kappa shape index (κ1) is 19.1. The monoisotopic (exact) mass is 392 g/mol. The molecule has 0 unspecified atom stereocenters. The molecule has 0 atom stereocenters. The summed E-state index contributed by atoms with van der Waals surface area (Å²) in [5.41, 5.74) is 2.94. The van der Waals surface area contributed by atoms with Crippen molar-refractivity contribution in [1.29, 1.82) is 0 Å². The number of piperidine rings is 1. The number of H-pyrrole nitrogens is 1. The minimum absolute atomic E-state index is 0.148. The number of rotatable bonds is 5. The predicted octanol–water partition coefficient (Wildman–Crippen LogP) is 3.75. The summed E-state index contributed by atoms with van der Waals surface area (Å²) in [5, 5.41) is 11.8. The Morgan fingerprint density at radius 1 is 1.14 bits per heavy atom. The minimum atomic E-state index is -1.02. The quantitative estimate of drug-likeness (QED) is 0.614. The molecule has 4 rings (SSSR count). The van der Waals surface area contributed by atoms with E-state index >= 15 is 0 Å². The number of anilines is 1. The summed E-state index contributed by atoms with van der Waals surface area (Å²) in [6.45, 7) is 5.30. The Balaban J connectivity index is 1.44. The van der Waals surface area contributed by atoms with E-state index in [1.807, 2.05) is 18.2 Å². The molecule has 0 aliphatic carbocycles. The highest BCUT2D eigenvalue weighted by Gasteiger charge is 2.17. The van der Waals surface area contributed by atoms with Gasteiger partial charge < -0.3 is 15.4 Å². The van der Waals surface area contributed by atoms with Crippen molar-refractivity contribution in [1.82, 2.24) is 14.9 Å². The van der Waals surface area contributed by atoms with Crippen LogP contribution in [-0.4, -0.2) is 44.9 Å². The number of likely N-dealkylation sites (tertiary alicyclic amines) is 1. The largest absolute Gasteiger partial charge is 0.478 e. The van der Waals surface area contributed by atoms with Crippen molar-refractivity contribution in [2.45, 2.75) is 26.3 Å². The van der Waals surface area contributed by atoms with Crippen LogP contribution in [-0.2, 0) is 6.54 Å². The number of nitrogens with one attached hydrogen (secondary N) is 2. The topological polar surface area (TPSA) is 98.3 Å². The smallest absolute Gasteiger partial charge is 0.335 e. The van der Waals surface area contributed by atoms with Crippen LogP contribution in [0.2, 0.25) is 0 Å². The lowest BCUT2D eigenvalue weighted by atomic mass is 9.99. The SMILES string of the molecule is CC1CCN(Cc2nc3cc(NC(=O)c4ccc(C(=O)O)cc4)ccc3[nH]2)CC1. The number of aromatic amines is 1. The number of benzene rings is 2. The highest BCUT2D eigenvalue weighted by atomic mass is 16.4. The Bertz CT molecular complexity index is 1030. The van der Waals surface area contributed by atoms with Gasteiger partial charge >= 0.3 is 5.97 Å². The number of nitrogens with zero attached hydrogens (tertiary/aromatic N) is 2. The molecule has 1 saturated heterocycles. The zero-order valence-corrected chi connectivity index (χ0v) is 16.3. The molecule has 1 aliphatic rings. The molecule has 7 heteroatoms. The molecule has 3 aromatic rings. The Labute approximate surface area is 168 Å². The van der Waals surface area contributed by atoms with Crippen LogP contribution in [0.4, 0.5) is 5.69 Å². The first-order valence-electron chi connectivity index (χ1n) is 9.83. The number of carbonyl (C=O) groups excluding carboxylic acids is 1. The zero-order valence-electron chi connectivity index (χ0n) is 16.3. The average molecular weight is 392 g/mol. The molecule has 0 bridgehead atoms. The minimum Gasteiger partial charge on any atom is -0.478 e. The summed E-state index contributed by atoms with van der Waals surface area (Å²) >= 11 is 0. The molecule has 7 nitrogen and oxygen atoms in total. The molecule has 2 heterocycles. The molecule has 29 heavy (non-hydrogen) atoms. The van der Waals surface area contributed by atoms with Gasteiger partial charge in [0.1, 0.15) is 5.82 Å². The van der Waals surface area contributed by atoms with E-state index in [-0.39, 0.29) is 11.5 Å². The lowest BCUT2D eigenvalue weighted by molar-refractivity contribution is 0.0696. The molecule has 2 aromatic carbocycles. The number of carbonyl (C=O) groups is 2. The molecule has 0 radical (unpaired) electrons. The second-order valence-electron chi connectivity index (χ2n) is 7.71. The van der Waals surface area contributed by atoms with Crippen LogP contribution < -0.4 is 5.32 Å². The summed E-state index contributed by atoms with van der Waals surface area (Å²) in [7, 11) is 0. The van der Waals surface area contributed by atoms with Crippen LogP contribution in [0.25, 0.3) is 11.0 Å². The van der Waals surface area contributed by atoms with Crippen LogP contribution in [0.3, 0.4) is 0 Å². The van der Waals surface area contributed by atoms with Gasteiger partial charge in [-0.05, 0) is 74.3 Å². The van der Waals surface area contributed by atoms with Gasteiger partial charge in [-0.2, -0.15) is 0 Å². The summed E-state index contributed by atoms with van der Waals surface area (Å²) < 4.78 is 0. The standard InChI is InChI=1S/C22H24N4O3/c1-14-8-10-26(11-9-14)13-20-24-18-7-6-17(12-19(18)25-20)23-21(27)15-2-4-16(5-3-15)22(28)29/h2-7,12,14H,8-11,13H2,1H3,(H,23,27)(H,24,25)(H,28,29). The maximum atomic E-state index is 12.4. The second-order valence-corrected chi connectivity index (χ2v) is 7.71. The zero-order chi connectivity index (χ0) is 20.4. The summed E-state index contributed by atoms with van der Waals surface area (Å²) in [5.74, 6) is 0.422. The highest BCUT2D eigenvalue weighted by Crippen LogP contribution is 2.21. The third-order valence-electron chi connectivity index (χ3n) is 5.43. The molecule has 3 N–H and O–H groups in total. The Morgan fingerprint density at radius 2 is 1.83 bits per heavy atom. The number of amides is 1. The Hall–Kier alpha value is -3.19. The number of carboxylic acids is 1. The number of fused-ring (bicyclic) bond motifs is 1. The van der Waals surface area contributed by atoms with Crippen LogP contribution in [0.5, 0.6) is 0 Å². The van der Waals surface area contributed by atoms with Gasteiger partial charge in [-0.15, -0.1) is 0 Å². The van der Waals surface area contributed by atoms with Gasteiger partial charge in [0.15, 0.2) is 0 Å². The van der Waals surface area contributed by atoms with Gasteiger partial charge in [0.2, 0.25) is 0 Å². The average Bonchev–Trinajstić information content (AvgIpc) is 3.11. The third-order valence-corrected chi connectivity index (χ3v) is 5.43. The lowest BCUT2D eigenvalue weighted by Gasteiger charge is -2.29. The summed E-state index contributed by atoms with van der Waals surface area (Å²) in [6.07, 6.45) is 2.45. The number of hydrogen-bond donors (Lipinski definition) is 3. The van der Waals surface area contributed by atoms with E-state index in [2.05, 4.69) is 27.1 Å². The molecule has 0 saturated carbocycles. The van der Waals surface area contributed by atoms with Crippen molar-refractivity contribution < 1.29 is 14.7 Å². The van der Waals surface area contributed by atoms with E-state index in [1.165, 1.54) is 37.1 Å². The van der Waals surface area contributed by atoms with Gasteiger partial charge in [0, 0.05) is 11.3 Å². The summed E-state index contributed by atoms with van der Waals surface area (Å²) in [4.78, 5) is 33.8. The van der Waals surface area contributed by atoms with E-state index in [9.17, 15) is 9.59 Å². The van der Waals surface area contributed by atoms with Crippen molar-refractivity contribution in [3.8, 4) is 0 Å². The van der Waals surface area contributed by atoms with Crippen LogP contribution in [0.15, 0.2) is 42.5 Å². The van der Waals surface area contributed by atoms with Crippen LogP contribution >= 0.6 is 0 Å². The number of imidazole rings is 1. The van der Waals surface area contributed by atoms with Gasteiger partial charge in [-0.3, -0.25) is 9.69 Å². The normalized spacial score (nSPS) is 15.5. The van der Waals surface area contributed by atoms with Crippen LogP contribution in [0, 0.1) is 5.92 Å². The van der Waals surface area contributed by atoms with E-state index in [0.29, 0.717) is 11.3 Å². The number of aromatic nitrogens is 2. The van der Waals surface area contributed by atoms with Crippen LogP contribution in [0.1, 0.15) is 46.3 Å². The highest BCUT2D eigenvalue weighted by molar-refractivity contribution is 6.05. The molecule has 1 aromatic heterocycles. The van der Waals surface area contributed by atoms with Crippen molar-refractivity contribution >= 4 is 28.6 Å². The van der Waals surface area contributed by atoms with E-state index in [1.54, 1.807) is 0 Å². The molecule has 1 fully saturated rings. The first-order chi connectivity index (χ1) is 14.0. The maximum Gasteiger partial charge on any atom is 0.335 e. The van der Waals surface area contributed by atoms with E-state index in [0.717, 1.165) is 42.4 Å². The second kappa shape index (κ2) is 8.05. The lowest BCUT2D eigenvalue weighted by Crippen LogP contribution is -2.32. The van der Waals surface area contributed by atoms with Gasteiger partial charge in [0.25, 0.3) is 5.91 Å². The van der Waals surface area contributed by atoms with Gasteiger partial charge in [-0.1, -0.05) is 6.92 Å². The molecular formula is C22H24N4O3. The Morgan fingerprint density at radius 3 is 2.52 bits per heavy atom. The fourth-order valence-electron chi connectivity index (χ4n) is 3.61. The number of carboxylic acid groups (broad SMARTS) is 1. The van der Waals surface area contributed by atoms with Crippen molar-refractivity contribution in [2.24, 2.45) is 5.92 Å². The van der Waals surface area contributed by atoms with Gasteiger partial charge in [0.05, 0.1) is 23.1 Å². The molecule has 0 spiro atoms. The number of aromatic carboxylic acids is 1. The van der Waals surface area contributed by atoms with E-state index < -0.39 is 5.97 Å². The number of hydrogen-bond acceptors (Lipinski definition) is 4. The fourth-order valence-corrected chi connectivity index (χ4v) is 3.61. The summed E-state index contributed by atoms with van der Waals surface area (Å²) in [6, 6.07) is 11.4. The van der Waals surface area contributed by atoms with E-state index in [4.69, 9.17) is 5.11 Å². The molecular weight excluding hydrogens is 368 g/mol. The molecule has 1 aliphatic heterocycles. The fraction of sp³-hybridized carbons (Fsp3) is 0.318. The maximum absolute atomic E-state index is 12.4. The van der Waals surface area contributed by atoms with Gasteiger partial charge in [-0.25, -0.2) is 9.78 Å². The third kappa shape index (κ3) is 4.46. The molecule has 150 valence electrons. The Kier molecular flexibility index (Phi) is 5.31. The first-order valence-corrected chi connectivity index (χ1v) is 9.83. The van der Waals surface area contributed by atoms with Crippen molar-refractivity contribution in [2.75, 3.05) is 18.4 Å². The predicted molar refractivity (Wildman–Crippen MR) is 111 cm³/mol. The molecule has 1 amide bonds. The van der Waals surface area contributed by atoms with Crippen molar-refractivity contribution in [3.63, 3.8) is 0 Å².